The van der Waals surface area contributed by atoms with E-state index >= 15 is 0 Å². The topological polar surface area (TPSA) is 64.7 Å². The number of benzene rings is 3. The molecule has 1 saturated heterocycles. The molecule has 1 fully saturated rings. The van der Waals surface area contributed by atoms with Gasteiger partial charge in [0.25, 0.3) is 5.91 Å². The molecule has 0 bridgehead atoms. The molecule has 4 rings (SSSR count). The molecule has 2 amide bonds. The van der Waals surface area contributed by atoms with E-state index < -0.39 is 6.04 Å². The molecule has 0 radical (unpaired) electrons. The van der Waals surface area contributed by atoms with Gasteiger partial charge in [0.05, 0.1) is 12.5 Å². The van der Waals surface area contributed by atoms with Crippen LogP contribution >= 0.6 is 0 Å². The van der Waals surface area contributed by atoms with Crippen LogP contribution in [0.2, 0.25) is 0 Å². The number of nitrogens with zero attached hydrogens (tertiary/aromatic N) is 2. The Morgan fingerprint density at radius 2 is 1.44 bits per heavy atom. The highest BCUT2D eigenvalue weighted by molar-refractivity contribution is 5.96. The molecular weight excluding hydrogens is 424 g/mol. The molecule has 1 unspecified atom stereocenters. The first kappa shape index (κ1) is 23.5. The van der Waals surface area contributed by atoms with Crippen molar-refractivity contribution >= 4 is 23.2 Å². The van der Waals surface area contributed by atoms with Crippen molar-refractivity contribution in [2.24, 2.45) is 0 Å². The summed E-state index contributed by atoms with van der Waals surface area (Å²) in [7, 11) is 0. The fourth-order valence-electron chi connectivity index (χ4n) is 4.24. The van der Waals surface area contributed by atoms with Gasteiger partial charge in [0.1, 0.15) is 0 Å². The first-order chi connectivity index (χ1) is 16.6. The van der Waals surface area contributed by atoms with Gasteiger partial charge < -0.3 is 20.4 Å². The molecule has 0 saturated carbocycles. The number of nitrogens with one attached hydrogen (secondary N) is 2. The average molecular weight is 457 g/mol. The molecule has 2 N–H and O–H groups in total. The highest BCUT2D eigenvalue weighted by atomic mass is 16.2. The quantitative estimate of drug-likeness (QED) is 0.530. The predicted molar refractivity (Wildman–Crippen MR) is 137 cm³/mol. The first-order valence-corrected chi connectivity index (χ1v) is 11.9. The summed E-state index contributed by atoms with van der Waals surface area (Å²) in [5, 5.41) is 6.00. The van der Waals surface area contributed by atoms with Gasteiger partial charge in [-0.3, -0.25) is 9.59 Å². The number of hydrogen-bond acceptors (Lipinski definition) is 4. The Hall–Kier alpha value is -3.64. The molecule has 1 aliphatic rings. The number of carbonyl (C=O) groups excluding carboxylic acids is 2. The molecule has 0 aromatic heterocycles. The van der Waals surface area contributed by atoms with Gasteiger partial charge in [-0.15, -0.1) is 0 Å². The fourth-order valence-corrected chi connectivity index (χ4v) is 4.24. The molecule has 1 aliphatic heterocycles. The predicted octanol–water partition coefficient (Wildman–Crippen LogP) is 4.33. The molecular formula is C28H32N4O2. The fraction of sp³-hybridized carbons (Fsp3) is 0.286. The maximum atomic E-state index is 12.9. The summed E-state index contributed by atoms with van der Waals surface area (Å²) >= 11 is 0. The van der Waals surface area contributed by atoms with E-state index in [0.717, 1.165) is 44.0 Å². The summed E-state index contributed by atoms with van der Waals surface area (Å²) in [5.74, 6) is -0.346. The third-order valence-electron chi connectivity index (χ3n) is 6.27. The maximum Gasteiger partial charge on any atom is 0.251 e. The SMILES string of the molecule is CCN1CCN(c2ccc(NC(=O)CC(NC(=O)c3ccccc3)c3ccccc3)cc2)CC1. The highest BCUT2D eigenvalue weighted by Crippen LogP contribution is 2.22. The largest absolute Gasteiger partial charge is 0.369 e. The summed E-state index contributed by atoms with van der Waals surface area (Å²) in [6, 6.07) is 26.2. The van der Waals surface area contributed by atoms with Crippen LogP contribution in [0.3, 0.4) is 0 Å². The molecule has 176 valence electrons. The van der Waals surface area contributed by atoms with Crippen LogP contribution in [-0.2, 0) is 4.79 Å². The van der Waals surface area contributed by atoms with Gasteiger partial charge in [-0.1, -0.05) is 55.5 Å². The van der Waals surface area contributed by atoms with Crippen LogP contribution < -0.4 is 15.5 Å². The van der Waals surface area contributed by atoms with E-state index in [-0.39, 0.29) is 18.2 Å². The van der Waals surface area contributed by atoms with Crippen LogP contribution in [0.1, 0.15) is 35.3 Å². The zero-order chi connectivity index (χ0) is 23.8. The smallest absolute Gasteiger partial charge is 0.251 e. The summed E-state index contributed by atoms with van der Waals surface area (Å²) in [6.45, 7) is 7.46. The van der Waals surface area contributed by atoms with E-state index in [9.17, 15) is 9.59 Å². The van der Waals surface area contributed by atoms with Crippen LogP contribution in [0.5, 0.6) is 0 Å². The summed E-state index contributed by atoms with van der Waals surface area (Å²) < 4.78 is 0. The molecule has 3 aromatic rings. The highest BCUT2D eigenvalue weighted by Gasteiger charge is 2.20. The summed E-state index contributed by atoms with van der Waals surface area (Å²) in [6.07, 6.45) is 0.142. The lowest BCUT2D eigenvalue weighted by atomic mass is 10.0. The van der Waals surface area contributed by atoms with Gasteiger partial charge in [-0.25, -0.2) is 0 Å². The van der Waals surface area contributed by atoms with Gasteiger partial charge in [0.2, 0.25) is 5.91 Å². The third-order valence-corrected chi connectivity index (χ3v) is 6.27. The number of amides is 2. The molecule has 0 aliphatic carbocycles. The monoisotopic (exact) mass is 456 g/mol. The Kier molecular flexibility index (Phi) is 7.94. The van der Waals surface area contributed by atoms with E-state index in [0.29, 0.717) is 5.56 Å². The standard InChI is InChI=1S/C28H32N4O2/c1-2-31-17-19-32(20-18-31)25-15-13-24(14-16-25)29-27(33)21-26(22-9-5-3-6-10-22)30-28(34)23-11-7-4-8-12-23/h3-16,26H,2,17-21H2,1H3,(H,29,33)(H,30,34). The van der Waals surface area contributed by atoms with Crippen molar-refractivity contribution in [1.29, 1.82) is 0 Å². The molecule has 1 atom stereocenters. The van der Waals surface area contributed by atoms with Crippen molar-refractivity contribution in [2.75, 3.05) is 42.9 Å². The van der Waals surface area contributed by atoms with Crippen LogP contribution in [0.15, 0.2) is 84.9 Å². The van der Waals surface area contributed by atoms with Gasteiger partial charge in [-0.2, -0.15) is 0 Å². The lowest BCUT2D eigenvalue weighted by Crippen LogP contribution is -2.46. The second kappa shape index (κ2) is 11.5. The Morgan fingerprint density at radius 1 is 0.824 bits per heavy atom. The van der Waals surface area contributed by atoms with Crippen LogP contribution in [0, 0.1) is 0 Å². The second-order valence-corrected chi connectivity index (χ2v) is 8.52. The zero-order valence-corrected chi connectivity index (χ0v) is 19.6. The van der Waals surface area contributed by atoms with E-state index in [4.69, 9.17) is 0 Å². The molecule has 34 heavy (non-hydrogen) atoms. The van der Waals surface area contributed by atoms with E-state index in [1.54, 1.807) is 12.1 Å². The van der Waals surface area contributed by atoms with Gasteiger partial charge in [-0.05, 0) is 48.5 Å². The minimum atomic E-state index is -0.428. The molecule has 1 heterocycles. The first-order valence-electron chi connectivity index (χ1n) is 11.9. The van der Waals surface area contributed by atoms with Gasteiger partial charge >= 0.3 is 0 Å². The molecule has 0 spiro atoms. The van der Waals surface area contributed by atoms with Crippen molar-refractivity contribution in [3.63, 3.8) is 0 Å². The number of anilines is 2. The summed E-state index contributed by atoms with van der Waals surface area (Å²) in [4.78, 5) is 30.5. The molecule has 6 heteroatoms. The van der Waals surface area contributed by atoms with Crippen molar-refractivity contribution in [2.45, 2.75) is 19.4 Å². The normalized spacial score (nSPS) is 14.9. The zero-order valence-electron chi connectivity index (χ0n) is 19.6. The van der Waals surface area contributed by atoms with E-state index in [1.165, 1.54) is 5.69 Å². The molecule has 3 aromatic carbocycles. The van der Waals surface area contributed by atoms with Crippen molar-refractivity contribution in [3.05, 3.63) is 96.1 Å². The Morgan fingerprint density at radius 3 is 2.06 bits per heavy atom. The third kappa shape index (κ3) is 6.23. The number of hydrogen-bond donors (Lipinski definition) is 2. The minimum Gasteiger partial charge on any atom is -0.369 e. The van der Waals surface area contributed by atoms with Gasteiger partial charge in [0, 0.05) is 43.1 Å². The Labute approximate surface area is 201 Å². The van der Waals surface area contributed by atoms with Crippen molar-refractivity contribution in [3.8, 4) is 0 Å². The Balaban J connectivity index is 1.38. The van der Waals surface area contributed by atoms with Crippen LogP contribution in [-0.4, -0.2) is 49.4 Å². The Bertz CT molecular complexity index is 1060. The number of piperazine rings is 1. The summed E-state index contributed by atoms with van der Waals surface area (Å²) in [5.41, 5.74) is 3.39. The number of rotatable bonds is 8. The van der Waals surface area contributed by atoms with Crippen LogP contribution in [0.4, 0.5) is 11.4 Å². The maximum absolute atomic E-state index is 12.9. The minimum absolute atomic E-state index is 0.142. The van der Waals surface area contributed by atoms with Crippen LogP contribution in [0.25, 0.3) is 0 Å². The number of carbonyl (C=O) groups is 2. The lowest BCUT2D eigenvalue weighted by Gasteiger charge is -2.35. The number of likely N-dealkylation sites (N-methyl/N-ethyl adjacent to an activating group) is 1. The average Bonchev–Trinajstić information content (AvgIpc) is 2.90. The van der Waals surface area contributed by atoms with Gasteiger partial charge in [0.15, 0.2) is 0 Å². The lowest BCUT2D eigenvalue weighted by molar-refractivity contribution is -0.116. The van der Waals surface area contributed by atoms with E-state index in [2.05, 4.69) is 39.5 Å². The molecule has 6 nitrogen and oxygen atoms in total. The van der Waals surface area contributed by atoms with E-state index in [1.807, 2.05) is 60.7 Å². The van der Waals surface area contributed by atoms with Crippen molar-refractivity contribution < 1.29 is 9.59 Å². The second-order valence-electron chi connectivity index (χ2n) is 8.52. The van der Waals surface area contributed by atoms with Crippen molar-refractivity contribution in [1.82, 2.24) is 10.2 Å².